The van der Waals surface area contributed by atoms with Crippen molar-refractivity contribution in [3.8, 4) is 0 Å². The summed E-state index contributed by atoms with van der Waals surface area (Å²) < 4.78 is 5.46. The lowest BCUT2D eigenvalue weighted by molar-refractivity contribution is -0.0182. The molecule has 3 unspecified atom stereocenters. The van der Waals surface area contributed by atoms with Gasteiger partial charge >= 0.3 is 0 Å². The predicted molar refractivity (Wildman–Crippen MR) is 75.4 cm³/mol. The summed E-state index contributed by atoms with van der Waals surface area (Å²) in [7, 11) is 1.09. The van der Waals surface area contributed by atoms with Crippen LogP contribution in [0.25, 0.3) is 0 Å². The summed E-state index contributed by atoms with van der Waals surface area (Å²) >= 11 is 0. The summed E-state index contributed by atoms with van der Waals surface area (Å²) in [5.74, 6) is 1.25. The van der Waals surface area contributed by atoms with E-state index in [2.05, 4.69) is 24.3 Å². The first-order chi connectivity index (χ1) is 8.72. The topological polar surface area (TPSA) is 29.5 Å². The van der Waals surface area contributed by atoms with Crippen molar-refractivity contribution < 1.29 is 9.84 Å². The van der Waals surface area contributed by atoms with Gasteiger partial charge in [-0.05, 0) is 48.6 Å². The van der Waals surface area contributed by atoms with E-state index in [0.29, 0.717) is 12.5 Å². The number of rotatable bonds is 4. The third kappa shape index (κ3) is 2.04. The van der Waals surface area contributed by atoms with E-state index in [9.17, 15) is 5.11 Å². The van der Waals surface area contributed by atoms with Crippen molar-refractivity contribution in [2.45, 2.75) is 37.9 Å². The number of hydrogen-bond donors (Lipinski definition) is 1. The van der Waals surface area contributed by atoms with Gasteiger partial charge < -0.3 is 9.84 Å². The van der Waals surface area contributed by atoms with Crippen LogP contribution in [0.4, 0.5) is 0 Å². The summed E-state index contributed by atoms with van der Waals surface area (Å²) in [5, 5.41) is 10.9. The van der Waals surface area contributed by atoms with E-state index in [1.807, 2.05) is 0 Å². The van der Waals surface area contributed by atoms with Gasteiger partial charge in [0.1, 0.15) is 0 Å². The molecule has 18 heavy (non-hydrogen) atoms. The maximum Gasteiger partial charge on any atom is 0.0927 e. The zero-order valence-corrected chi connectivity index (χ0v) is 13.1. The lowest BCUT2D eigenvalue weighted by atomic mass is 9.79. The van der Waals surface area contributed by atoms with Gasteiger partial charge in [-0.2, -0.15) is 0 Å². The lowest BCUT2D eigenvalue weighted by Crippen LogP contribution is -2.32. The van der Waals surface area contributed by atoms with E-state index in [0.717, 1.165) is 34.4 Å². The van der Waals surface area contributed by atoms with Gasteiger partial charge in [-0.25, -0.2) is 0 Å². The number of benzene rings is 1. The van der Waals surface area contributed by atoms with Gasteiger partial charge in [0.05, 0.1) is 12.2 Å². The van der Waals surface area contributed by atoms with Gasteiger partial charge in [-0.3, -0.25) is 0 Å². The molecule has 2 nitrogen and oxygen atoms in total. The summed E-state index contributed by atoms with van der Waals surface area (Å²) in [6.07, 6.45) is 5.59. The molecule has 0 radical (unpaired) electrons. The number of ether oxygens (including phenoxy) is 1. The Morgan fingerprint density at radius 2 is 2.06 bits per heavy atom. The Morgan fingerprint density at radius 3 is 2.61 bits per heavy atom. The molecule has 0 amide bonds. The van der Waals surface area contributed by atoms with Crippen LogP contribution in [0, 0.1) is 11.8 Å². The molecule has 0 heterocycles. The second-order valence-electron chi connectivity index (χ2n) is 5.84. The average Bonchev–Trinajstić information content (AvgIpc) is 2.97. The SMILES string of the molecule is OC1(c2ccc(COC[SiH3])cc2)CC2CCC1C2. The van der Waals surface area contributed by atoms with Crippen LogP contribution in [0.1, 0.15) is 36.8 Å². The van der Waals surface area contributed by atoms with E-state index in [1.165, 1.54) is 24.8 Å². The minimum Gasteiger partial charge on any atom is -0.385 e. The van der Waals surface area contributed by atoms with Crippen LogP contribution in [0.3, 0.4) is 0 Å². The summed E-state index contributed by atoms with van der Waals surface area (Å²) in [4.78, 5) is 0. The lowest BCUT2D eigenvalue weighted by Gasteiger charge is -2.33. The summed E-state index contributed by atoms with van der Waals surface area (Å²) in [6.45, 7) is 0.703. The number of fused-ring (bicyclic) bond motifs is 2. The molecule has 1 aromatic rings. The van der Waals surface area contributed by atoms with Crippen LogP contribution in [0.2, 0.25) is 0 Å². The normalized spacial score (nSPS) is 34.3. The second kappa shape index (κ2) is 4.80. The van der Waals surface area contributed by atoms with Crippen LogP contribution in [-0.2, 0) is 16.9 Å². The van der Waals surface area contributed by atoms with E-state index >= 15 is 0 Å². The highest BCUT2D eigenvalue weighted by atomic mass is 28.1. The highest BCUT2D eigenvalue weighted by Crippen LogP contribution is 2.55. The smallest absolute Gasteiger partial charge is 0.0927 e. The summed E-state index contributed by atoms with van der Waals surface area (Å²) in [6, 6.07) is 8.42. The molecule has 0 aliphatic heterocycles. The molecule has 2 fully saturated rings. The standard InChI is InChI=1S/C15H22O2Si/c16-15(8-12-3-6-14(15)7-12)13-4-1-11(2-5-13)9-17-10-18/h1-2,4-5,12,14,16H,3,6-10H2,18H3. The first-order valence-electron chi connectivity index (χ1n) is 7.12. The van der Waals surface area contributed by atoms with Crippen molar-refractivity contribution in [3.63, 3.8) is 0 Å². The fourth-order valence-electron chi connectivity index (χ4n) is 3.76. The van der Waals surface area contributed by atoms with Gasteiger partial charge in [0.2, 0.25) is 0 Å². The van der Waals surface area contributed by atoms with Gasteiger partial charge in [-0.1, -0.05) is 24.3 Å². The van der Waals surface area contributed by atoms with Crippen LogP contribution < -0.4 is 0 Å². The van der Waals surface area contributed by atoms with E-state index in [4.69, 9.17) is 4.74 Å². The fourth-order valence-corrected chi connectivity index (χ4v) is 3.97. The molecule has 2 aliphatic rings. The molecular formula is C15H22O2Si. The maximum absolute atomic E-state index is 10.9. The van der Waals surface area contributed by atoms with Gasteiger partial charge in [0.25, 0.3) is 0 Å². The monoisotopic (exact) mass is 262 g/mol. The van der Waals surface area contributed by atoms with Crippen molar-refractivity contribution in [2.75, 3.05) is 6.23 Å². The minimum absolute atomic E-state index is 0.492. The van der Waals surface area contributed by atoms with Crippen LogP contribution >= 0.6 is 0 Å². The van der Waals surface area contributed by atoms with Gasteiger partial charge in [0, 0.05) is 16.5 Å². The highest BCUT2D eigenvalue weighted by molar-refractivity contribution is 6.08. The first kappa shape index (κ1) is 12.4. The zero-order chi connectivity index (χ0) is 12.6. The number of hydrogen-bond acceptors (Lipinski definition) is 2. The summed E-state index contributed by atoms with van der Waals surface area (Å²) in [5.41, 5.74) is 1.78. The average molecular weight is 262 g/mol. The molecule has 0 spiro atoms. The Balaban J connectivity index is 1.76. The van der Waals surface area contributed by atoms with Crippen LogP contribution in [-0.4, -0.2) is 21.6 Å². The van der Waals surface area contributed by atoms with Crippen LogP contribution in [0.5, 0.6) is 0 Å². The van der Waals surface area contributed by atoms with E-state index in [-0.39, 0.29) is 0 Å². The Bertz CT molecular complexity index is 417. The molecular weight excluding hydrogens is 240 g/mol. The molecule has 3 heteroatoms. The fraction of sp³-hybridized carbons (Fsp3) is 0.600. The van der Waals surface area contributed by atoms with Gasteiger partial charge in [-0.15, -0.1) is 0 Å². The molecule has 3 atom stereocenters. The molecule has 2 saturated carbocycles. The van der Waals surface area contributed by atoms with Crippen molar-refractivity contribution in [3.05, 3.63) is 35.4 Å². The van der Waals surface area contributed by atoms with Crippen molar-refractivity contribution in [2.24, 2.45) is 11.8 Å². The second-order valence-corrected chi connectivity index (χ2v) is 6.42. The molecule has 0 saturated heterocycles. The van der Waals surface area contributed by atoms with Gasteiger partial charge in [0.15, 0.2) is 0 Å². The quantitative estimate of drug-likeness (QED) is 0.834. The molecule has 0 aromatic heterocycles. The molecule has 2 bridgehead atoms. The van der Waals surface area contributed by atoms with Crippen LogP contribution in [0.15, 0.2) is 24.3 Å². The molecule has 2 aliphatic carbocycles. The zero-order valence-electron chi connectivity index (χ0n) is 11.1. The predicted octanol–water partition coefficient (Wildman–Crippen LogP) is 1.53. The Kier molecular flexibility index (Phi) is 3.30. The highest BCUT2D eigenvalue weighted by Gasteiger charge is 2.50. The molecule has 98 valence electrons. The Morgan fingerprint density at radius 1 is 1.28 bits per heavy atom. The van der Waals surface area contributed by atoms with E-state index in [1.54, 1.807) is 0 Å². The maximum atomic E-state index is 10.9. The molecule has 1 N–H and O–H groups in total. The largest absolute Gasteiger partial charge is 0.385 e. The van der Waals surface area contributed by atoms with Crippen molar-refractivity contribution in [1.82, 2.24) is 0 Å². The van der Waals surface area contributed by atoms with E-state index < -0.39 is 5.60 Å². The molecule has 3 rings (SSSR count). The Labute approximate surface area is 112 Å². The third-order valence-corrected chi connectivity index (χ3v) is 5.15. The number of aliphatic hydroxyl groups is 1. The Hall–Kier alpha value is -0.643. The van der Waals surface area contributed by atoms with Crippen molar-refractivity contribution >= 4 is 10.2 Å². The molecule has 1 aromatic carbocycles. The first-order valence-corrected chi connectivity index (χ1v) is 8.53. The third-order valence-electron chi connectivity index (χ3n) is 4.74. The van der Waals surface area contributed by atoms with Crippen molar-refractivity contribution in [1.29, 1.82) is 0 Å². The minimum atomic E-state index is -0.542.